The van der Waals surface area contributed by atoms with E-state index in [4.69, 9.17) is 4.98 Å². The minimum atomic E-state index is -0.459. The molecule has 0 N–H and O–H groups in total. The second-order valence-electron chi connectivity index (χ2n) is 9.74. The predicted molar refractivity (Wildman–Crippen MR) is 132 cm³/mol. The van der Waals surface area contributed by atoms with E-state index < -0.39 is 5.91 Å². The molecule has 0 aliphatic heterocycles. The van der Waals surface area contributed by atoms with Gasteiger partial charge < -0.3 is 4.57 Å². The zero-order valence-corrected chi connectivity index (χ0v) is 20.2. The number of aromatic nitrogens is 3. The van der Waals surface area contributed by atoms with Gasteiger partial charge in [-0.05, 0) is 61.6 Å². The molecule has 7 nitrogen and oxygen atoms in total. The van der Waals surface area contributed by atoms with Gasteiger partial charge in [-0.25, -0.2) is 4.98 Å². The smallest absolute Gasteiger partial charge is 0.278 e. The topological polar surface area (TPSA) is 92.5 Å². The average Bonchev–Trinajstić information content (AvgIpc) is 2.79. The molecule has 0 fully saturated rings. The molecule has 0 bridgehead atoms. The summed E-state index contributed by atoms with van der Waals surface area (Å²) in [5.74, 6) is -0.459. The standard InChI is InChI=1S/C27H27N5O2/c1-16(2)32-23(30-25(33)18-9-11-20(12-10-18)27(4,5)6)19(15-28)14-21-24(32)29-22-17(3)8-7-13-31(22)26(21)34/h7-14,16H,1-6H3. The Bertz CT molecular complexity index is 1610. The number of aryl methyl sites for hydroxylation is 1. The van der Waals surface area contributed by atoms with Crippen molar-refractivity contribution in [1.82, 2.24) is 14.0 Å². The largest absolute Gasteiger partial charge is 0.306 e. The molecule has 0 saturated heterocycles. The molecular formula is C27H27N5O2. The number of carbonyl (C=O) groups excluding carboxylic acids is 1. The quantitative estimate of drug-likeness (QED) is 0.419. The van der Waals surface area contributed by atoms with Crippen molar-refractivity contribution in [2.75, 3.05) is 0 Å². The third-order valence-electron chi connectivity index (χ3n) is 5.89. The lowest BCUT2D eigenvalue weighted by Crippen LogP contribution is -2.30. The first-order chi connectivity index (χ1) is 16.0. The summed E-state index contributed by atoms with van der Waals surface area (Å²) >= 11 is 0. The Labute approximate surface area is 197 Å². The number of pyridine rings is 2. The highest BCUT2D eigenvalue weighted by molar-refractivity contribution is 5.95. The van der Waals surface area contributed by atoms with Gasteiger partial charge in [0.05, 0.1) is 10.9 Å². The molecule has 0 aliphatic rings. The van der Waals surface area contributed by atoms with Gasteiger partial charge >= 0.3 is 0 Å². The molecule has 1 aromatic carbocycles. The van der Waals surface area contributed by atoms with Crippen molar-refractivity contribution in [3.8, 4) is 6.07 Å². The van der Waals surface area contributed by atoms with Gasteiger partial charge in [-0.3, -0.25) is 14.0 Å². The number of nitrogens with zero attached hydrogens (tertiary/aromatic N) is 5. The highest BCUT2D eigenvalue weighted by Crippen LogP contribution is 2.22. The highest BCUT2D eigenvalue weighted by Gasteiger charge is 2.18. The van der Waals surface area contributed by atoms with E-state index >= 15 is 0 Å². The Morgan fingerprint density at radius 1 is 1.12 bits per heavy atom. The maximum absolute atomic E-state index is 13.3. The SMILES string of the molecule is Cc1cccn2c(=O)c3cc(C#N)c(=NC(=O)c4ccc(C(C)(C)C)cc4)n(C(C)C)c3nc12. The van der Waals surface area contributed by atoms with Crippen LogP contribution in [0.1, 0.15) is 67.7 Å². The Hall–Kier alpha value is -4.05. The maximum atomic E-state index is 13.3. The lowest BCUT2D eigenvalue weighted by atomic mass is 9.87. The van der Waals surface area contributed by atoms with Crippen molar-refractivity contribution in [3.63, 3.8) is 0 Å². The van der Waals surface area contributed by atoms with Gasteiger partial charge in [0, 0.05) is 17.8 Å². The summed E-state index contributed by atoms with van der Waals surface area (Å²) in [6, 6.07) is 14.4. The molecule has 3 heterocycles. The molecule has 0 radical (unpaired) electrons. The van der Waals surface area contributed by atoms with Crippen molar-refractivity contribution < 1.29 is 4.79 Å². The van der Waals surface area contributed by atoms with E-state index in [2.05, 4.69) is 31.8 Å². The predicted octanol–water partition coefficient (Wildman–Crippen LogP) is 4.45. The Morgan fingerprint density at radius 2 is 1.79 bits per heavy atom. The maximum Gasteiger partial charge on any atom is 0.278 e. The number of fused-ring (bicyclic) bond motifs is 2. The molecule has 0 saturated carbocycles. The van der Waals surface area contributed by atoms with E-state index in [-0.39, 0.29) is 28.1 Å². The average molecular weight is 454 g/mol. The number of rotatable bonds is 2. The molecule has 34 heavy (non-hydrogen) atoms. The minimum absolute atomic E-state index is 0.0354. The van der Waals surface area contributed by atoms with Crippen molar-refractivity contribution in [2.45, 2.75) is 53.0 Å². The van der Waals surface area contributed by atoms with Gasteiger partial charge in [0.1, 0.15) is 17.4 Å². The van der Waals surface area contributed by atoms with Crippen molar-refractivity contribution in [3.05, 3.63) is 86.8 Å². The van der Waals surface area contributed by atoms with Crippen LogP contribution < -0.4 is 11.0 Å². The molecule has 0 atom stereocenters. The number of carbonyl (C=O) groups is 1. The summed E-state index contributed by atoms with van der Waals surface area (Å²) < 4.78 is 3.17. The summed E-state index contributed by atoms with van der Waals surface area (Å²) in [5.41, 5.74) is 3.32. The second-order valence-corrected chi connectivity index (χ2v) is 9.74. The Morgan fingerprint density at radius 3 is 2.38 bits per heavy atom. The van der Waals surface area contributed by atoms with Crippen LogP contribution in [0.2, 0.25) is 0 Å². The van der Waals surface area contributed by atoms with Gasteiger partial charge in [0.15, 0.2) is 5.49 Å². The number of hydrogen-bond donors (Lipinski definition) is 0. The molecule has 4 aromatic rings. The van der Waals surface area contributed by atoms with Crippen LogP contribution in [0.3, 0.4) is 0 Å². The normalized spacial score (nSPS) is 12.5. The number of benzene rings is 1. The van der Waals surface area contributed by atoms with Gasteiger partial charge in [0.25, 0.3) is 11.5 Å². The molecule has 0 aliphatic carbocycles. The third kappa shape index (κ3) is 3.92. The van der Waals surface area contributed by atoms with Crippen molar-refractivity contribution >= 4 is 22.6 Å². The lowest BCUT2D eigenvalue weighted by molar-refractivity contribution is 0.0997. The fraction of sp³-hybridized carbons (Fsp3) is 0.296. The van der Waals surface area contributed by atoms with E-state index in [1.54, 1.807) is 29.0 Å². The van der Waals surface area contributed by atoms with Gasteiger partial charge in [0.2, 0.25) is 0 Å². The monoisotopic (exact) mass is 453 g/mol. The molecular weight excluding hydrogens is 426 g/mol. The summed E-state index contributed by atoms with van der Waals surface area (Å²) in [7, 11) is 0. The number of nitriles is 1. The fourth-order valence-corrected chi connectivity index (χ4v) is 4.01. The van der Waals surface area contributed by atoms with Crippen LogP contribution in [0, 0.1) is 18.3 Å². The molecule has 3 aromatic heterocycles. The molecule has 0 unspecified atom stereocenters. The molecule has 0 spiro atoms. The van der Waals surface area contributed by atoms with Crippen LogP contribution in [0.4, 0.5) is 0 Å². The van der Waals surface area contributed by atoms with E-state index in [1.165, 1.54) is 10.5 Å². The molecule has 1 amide bonds. The fourth-order valence-electron chi connectivity index (χ4n) is 4.01. The van der Waals surface area contributed by atoms with Crippen LogP contribution in [0.25, 0.3) is 16.7 Å². The van der Waals surface area contributed by atoms with Crippen LogP contribution in [-0.4, -0.2) is 19.9 Å². The summed E-state index contributed by atoms with van der Waals surface area (Å²) in [5, 5.41) is 10.2. The van der Waals surface area contributed by atoms with Gasteiger partial charge in [-0.2, -0.15) is 10.3 Å². The van der Waals surface area contributed by atoms with Crippen molar-refractivity contribution in [2.24, 2.45) is 4.99 Å². The minimum Gasteiger partial charge on any atom is -0.306 e. The van der Waals surface area contributed by atoms with E-state index in [1.807, 2.05) is 39.0 Å². The Balaban J connectivity index is 2.03. The number of amides is 1. The van der Waals surface area contributed by atoms with Crippen molar-refractivity contribution in [1.29, 1.82) is 5.26 Å². The van der Waals surface area contributed by atoms with Gasteiger partial charge in [-0.15, -0.1) is 0 Å². The lowest BCUT2D eigenvalue weighted by Gasteiger charge is -2.19. The molecule has 4 rings (SSSR count). The van der Waals surface area contributed by atoms with Crippen LogP contribution >= 0.6 is 0 Å². The Kier molecular flexibility index (Phi) is 5.70. The van der Waals surface area contributed by atoms with E-state index in [0.29, 0.717) is 22.2 Å². The number of hydrogen-bond acceptors (Lipinski definition) is 4. The highest BCUT2D eigenvalue weighted by atomic mass is 16.1. The molecule has 7 heteroatoms. The first-order valence-corrected chi connectivity index (χ1v) is 11.2. The second kappa shape index (κ2) is 8.38. The summed E-state index contributed by atoms with van der Waals surface area (Å²) in [6.07, 6.45) is 1.66. The van der Waals surface area contributed by atoms with Crippen LogP contribution in [-0.2, 0) is 5.41 Å². The van der Waals surface area contributed by atoms with Crippen LogP contribution in [0.5, 0.6) is 0 Å². The summed E-state index contributed by atoms with van der Waals surface area (Å²) in [4.78, 5) is 35.5. The summed E-state index contributed by atoms with van der Waals surface area (Å²) in [6.45, 7) is 12.0. The zero-order chi connectivity index (χ0) is 24.8. The first-order valence-electron chi connectivity index (χ1n) is 11.2. The van der Waals surface area contributed by atoms with E-state index in [0.717, 1.165) is 11.1 Å². The van der Waals surface area contributed by atoms with Gasteiger partial charge in [-0.1, -0.05) is 39.0 Å². The first kappa shape index (κ1) is 23.1. The van der Waals surface area contributed by atoms with Crippen LogP contribution in [0.15, 0.2) is 58.4 Å². The molecule has 172 valence electrons. The zero-order valence-electron chi connectivity index (χ0n) is 20.2. The third-order valence-corrected chi connectivity index (χ3v) is 5.89. The van der Waals surface area contributed by atoms with E-state index in [9.17, 15) is 14.9 Å².